The average molecular weight is 511 g/mol. The largest absolute Gasteiger partial charge is 0.418 e. The molecule has 1 atom stereocenters. The highest BCUT2D eigenvalue weighted by Gasteiger charge is 2.35. The highest BCUT2D eigenvalue weighted by atomic mass is 32.1. The van der Waals surface area contributed by atoms with Crippen LogP contribution in [0, 0.1) is 0 Å². The molecule has 0 bridgehead atoms. The van der Waals surface area contributed by atoms with E-state index in [2.05, 4.69) is 4.98 Å². The smallest absolute Gasteiger partial charge is 0.376 e. The van der Waals surface area contributed by atoms with E-state index in [4.69, 9.17) is 4.74 Å². The van der Waals surface area contributed by atoms with Crippen LogP contribution in [0.3, 0.4) is 0 Å². The lowest BCUT2D eigenvalue weighted by molar-refractivity contribution is -0.136. The second-order valence-electron chi connectivity index (χ2n) is 8.47. The van der Waals surface area contributed by atoms with Gasteiger partial charge in [0.15, 0.2) is 10.9 Å². The molecule has 1 aromatic heterocycles. The Morgan fingerprint density at radius 3 is 2.31 bits per heavy atom. The quantitative estimate of drug-likeness (QED) is 0.283. The minimum Gasteiger partial charge on any atom is -0.376 e. The van der Waals surface area contributed by atoms with Crippen molar-refractivity contribution < 1.29 is 27.5 Å². The van der Waals surface area contributed by atoms with Gasteiger partial charge in [0.25, 0.3) is 5.91 Å². The summed E-state index contributed by atoms with van der Waals surface area (Å²) < 4.78 is 46.7. The summed E-state index contributed by atoms with van der Waals surface area (Å²) in [6, 6.07) is 18.9. The number of para-hydroxylation sites is 1. The standard InChI is InChI=1S/C27H21F3N2O3S/c28-27(29,30)21-9-4-10-22-23(21)31-26(36-22)32(16-20-8-5-15-35-20)25(34)19-13-11-18(12-14-19)24(33)17-6-2-1-3-7-17/h1-4,6-7,9-14,20H,5,8,15-16H2. The summed E-state index contributed by atoms with van der Waals surface area (Å²) in [5, 5.41) is 0.173. The van der Waals surface area contributed by atoms with Crippen LogP contribution in [0.5, 0.6) is 0 Å². The molecule has 0 N–H and O–H groups in total. The maximum absolute atomic E-state index is 13.6. The number of fused-ring (bicyclic) bond motifs is 1. The van der Waals surface area contributed by atoms with Crippen molar-refractivity contribution in [2.45, 2.75) is 25.1 Å². The van der Waals surface area contributed by atoms with Gasteiger partial charge in [-0.1, -0.05) is 59.9 Å². The van der Waals surface area contributed by atoms with Crippen LogP contribution in [0.25, 0.3) is 10.2 Å². The summed E-state index contributed by atoms with van der Waals surface area (Å²) in [7, 11) is 0. The Bertz CT molecular complexity index is 1400. The SMILES string of the molecule is O=C(c1ccccc1)c1ccc(C(=O)N(CC2CCCO2)c2nc3c(C(F)(F)F)cccc3s2)cc1. The molecule has 5 rings (SSSR count). The van der Waals surface area contributed by atoms with Crippen molar-refractivity contribution in [3.8, 4) is 0 Å². The van der Waals surface area contributed by atoms with Gasteiger partial charge in [0.05, 0.1) is 28.4 Å². The van der Waals surface area contributed by atoms with Gasteiger partial charge in [-0.05, 0) is 37.1 Å². The lowest BCUT2D eigenvalue weighted by atomic mass is 10.0. The second kappa shape index (κ2) is 9.83. The highest BCUT2D eigenvalue weighted by molar-refractivity contribution is 7.22. The molecule has 2 heterocycles. The monoisotopic (exact) mass is 510 g/mol. The fourth-order valence-corrected chi connectivity index (χ4v) is 5.20. The van der Waals surface area contributed by atoms with E-state index in [1.807, 2.05) is 6.07 Å². The maximum Gasteiger partial charge on any atom is 0.418 e. The first-order valence-corrected chi connectivity index (χ1v) is 12.2. The Morgan fingerprint density at radius 2 is 1.64 bits per heavy atom. The summed E-state index contributed by atoms with van der Waals surface area (Å²) >= 11 is 1.03. The van der Waals surface area contributed by atoms with E-state index in [1.54, 1.807) is 54.6 Å². The van der Waals surface area contributed by atoms with Crippen LogP contribution in [0.4, 0.5) is 18.3 Å². The minimum atomic E-state index is -4.56. The molecule has 4 aromatic rings. The molecule has 184 valence electrons. The zero-order valence-electron chi connectivity index (χ0n) is 19.0. The number of thiazole rings is 1. The molecule has 36 heavy (non-hydrogen) atoms. The van der Waals surface area contributed by atoms with Crippen LogP contribution in [-0.4, -0.2) is 35.9 Å². The van der Waals surface area contributed by atoms with Crippen LogP contribution in [0.1, 0.15) is 44.7 Å². The zero-order valence-corrected chi connectivity index (χ0v) is 19.8. The molecule has 1 fully saturated rings. The molecule has 1 aliphatic rings. The molecular formula is C27H21F3N2O3S. The molecular weight excluding hydrogens is 489 g/mol. The topological polar surface area (TPSA) is 59.5 Å². The molecule has 3 aromatic carbocycles. The first kappa shape index (κ1) is 24.1. The number of nitrogens with zero attached hydrogens (tertiary/aromatic N) is 2. The zero-order chi connectivity index (χ0) is 25.3. The van der Waals surface area contributed by atoms with Gasteiger partial charge < -0.3 is 4.74 Å². The third-order valence-corrected chi connectivity index (χ3v) is 7.07. The summed E-state index contributed by atoms with van der Waals surface area (Å²) in [4.78, 5) is 31.9. The lowest BCUT2D eigenvalue weighted by Crippen LogP contribution is -2.37. The van der Waals surface area contributed by atoms with Gasteiger partial charge in [0.1, 0.15) is 0 Å². The van der Waals surface area contributed by atoms with E-state index < -0.39 is 17.6 Å². The fourth-order valence-electron chi connectivity index (χ4n) is 4.20. The van der Waals surface area contributed by atoms with Crippen LogP contribution < -0.4 is 4.90 Å². The predicted molar refractivity (Wildman–Crippen MR) is 132 cm³/mol. The molecule has 1 unspecified atom stereocenters. The number of carbonyl (C=O) groups excluding carboxylic acids is 2. The molecule has 0 spiro atoms. The van der Waals surface area contributed by atoms with Gasteiger partial charge in [-0.25, -0.2) is 4.98 Å². The van der Waals surface area contributed by atoms with Gasteiger partial charge in [-0.2, -0.15) is 13.2 Å². The van der Waals surface area contributed by atoms with E-state index in [0.717, 1.165) is 30.2 Å². The van der Waals surface area contributed by atoms with E-state index in [-0.39, 0.29) is 29.1 Å². The van der Waals surface area contributed by atoms with Crippen molar-refractivity contribution in [2.75, 3.05) is 18.1 Å². The second-order valence-corrected chi connectivity index (χ2v) is 9.48. The van der Waals surface area contributed by atoms with Crippen molar-refractivity contribution >= 4 is 38.4 Å². The molecule has 5 nitrogen and oxygen atoms in total. The minimum absolute atomic E-state index is 0.170. The number of amides is 1. The number of anilines is 1. The van der Waals surface area contributed by atoms with Crippen LogP contribution in [-0.2, 0) is 10.9 Å². The number of benzene rings is 3. The van der Waals surface area contributed by atoms with Crippen molar-refractivity contribution in [3.63, 3.8) is 0 Å². The number of aromatic nitrogens is 1. The van der Waals surface area contributed by atoms with E-state index in [9.17, 15) is 22.8 Å². The molecule has 0 saturated carbocycles. The normalized spacial score (nSPS) is 15.8. The first-order valence-electron chi connectivity index (χ1n) is 11.4. The number of halogens is 3. The Balaban J connectivity index is 1.48. The molecule has 0 aliphatic carbocycles. The summed E-state index contributed by atoms with van der Waals surface area (Å²) in [6.07, 6.45) is -3.20. The predicted octanol–water partition coefficient (Wildman–Crippen LogP) is 6.37. The number of rotatable bonds is 6. The Kier molecular flexibility index (Phi) is 6.59. The van der Waals surface area contributed by atoms with Crippen molar-refractivity contribution in [3.05, 3.63) is 95.1 Å². The van der Waals surface area contributed by atoms with Gasteiger partial charge in [0.2, 0.25) is 0 Å². The van der Waals surface area contributed by atoms with Gasteiger partial charge in [-0.15, -0.1) is 0 Å². The molecule has 9 heteroatoms. The van der Waals surface area contributed by atoms with Gasteiger partial charge >= 0.3 is 6.18 Å². The lowest BCUT2D eigenvalue weighted by Gasteiger charge is -2.23. The number of ketones is 1. The number of ether oxygens (including phenoxy) is 1. The number of carbonyl (C=O) groups is 2. The Morgan fingerprint density at radius 1 is 0.944 bits per heavy atom. The molecule has 1 saturated heterocycles. The summed E-state index contributed by atoms with van der Waals surface area (Å²) in [6.45, 7) is 0.742. The van der Waals surface area contributed by atoms with Crippen molar-refractivity contribution in [1.29, 1.82) is 0 Å². The average Bonchev–Trinajstić information content (AvgIpc) is 3.56. The molecule has 0 radical (unpaired) electrons. The fraction of sp³-hybridized carbons (Fsp3) is 0.222. The third kappa shape index (κ3) is 4.89. The number of alkyl halides is 3. The van der Waals surface area contributed by atoms with E-state index in [1.165, 1.54) is 11.0 Å². The van der Waals surface area contributed by atoms with Gasteiger partial charge in [-0.3, -0.25) is 14.5 Å². The Labute approximate surface area is 209 Å². The maximum atomic E-state index is 13.6. The van der Waals surface area contributed by atoms with Crippen molar-refractivity contribution in [1.82, 2.24) is 4.98 Å². The highest BCUT2D eigenvalue weighted by Crippen LogP contribution is 2.39. The summed E-state index contributed by atoms with van der Waals surface area (Å²) in [5.74, 6) is -0.589. The van der Waals surface area contributed by atoms with Crippen LogP contribution in [0.2, 0.25) is 0 Å². The van der Waals surface area contributed by atoms with E-state index in [0.29, 0.717) is 28.0 Å². The summed E-state index contributed by atoms with van der Waals surface area (Å²) in [5.41, 5.74) is 0.243. The number of hydrogen-bond acceptors (Lipinski definition) is 5. The third-order valence-electron chi connectivity index (χ3n) is 6.03. The Hall–Kier alpha value is -3.56. The van der Waals surface area contributed by atoms with Crippen LogP contribution in [0.15, 0.2) is 72.8 Å². The van der Waals surface area contributed by atoms with Crippen molar-refractivity contribution in [2.24, 2.45) is 0 Å². The van der Waals surface area contributed by atoms with E-state index >= 15 is 0 Å². The van der Waals surface area contributed by atoms with Crippen LogP contribution >= 0.6 is 11.3 Å². The molecule has 1 aliphatic heterocycles. The van der Waals surface area contributed by atoms with Gasteiger partial charge in [0, 0.05) is 23.3 Å². The molecule has 1 amide bonds. The number of hydrogen-bond donors (Lipinski definition) is 0. The first-order chi connectivity index (χ1) is 17.3.